The van der Waals surface area contributed by atoms with Crippen LogP contribution in [0.5, 0.6) is 0 Å². The molecule has 0 radical (unpaired) electrons. The first kappa shape index (κ1) is 24.2. The monoisotopic (exact) mass is 527 g/mol. The first-order chi connectivity index (χ1) is 19.9. The minimum Gasteiger partial charge on any atom is -0.309 e. The van der Waals surface area contributed by atoms with Crippen LogP contribution in [0.15, 0.2) is 127 Å². The fourth-order valence-electron chi connectivity index (χ4n) is 7.50. The van der Waals surface area contributed by atoms with E-state index in [0.717, 1.165) is 0 Å². The van der Waals surface area contributed by atoms with Crippen molar-refractivity contribution in [2.75, 3.05) is 4.90 Å². The highest BCUT2D eigenvalue weighted by atomic mass is 15.2. The number of fused-ring (bicyclic) bond motifs is 6. The van der Waals surface area contributed by atoms with Crippen LogP contribution in [0, 0.1) is 0 Å². The van der Waals surface area contributed by atoms with Gasteiger partial charge in [-0.1, -0.05) is 131 Å². The summed E-state index contributed by atoms with van der Waals surface area (Å²) in [5.74, 6) is 0. The van der Waals surface area contributed by atoms with Gasteiger partial charge in [-0.25, -0.2) is 0 Å². The number of hydrogen-bond acceptors (Lipinski definition) is 1. The van der Waals surface area contributed by atoms with Crippen LogP contribution in [0.1, 0.15) is 49.9 Å². The molecule has 2 aliphatic rings. The molecule has 41 heavy (non-hydrogen) atoms. The molecule has 6 aromatic carbocycles. The van der Waals surface area contributed by atoms with Gasteiger partial charge in [-0.15, -0.1) is 0 Å². The SMILES string of the molecule is CC1(C)c2ccccc2-c2cc3c(cc21)N(c1ccc(-c2ccccc2)c2ccccc12)c1ccccc1C3(C)C. The van der Waals surface area contributed by atoms with Crippen LogP contribution < -0.4 is 4.90 Å². The van der Waals surface area contributed by atoms with E-state index in [0.29, 0.717) is 0 Å². The maximum absolute atomic E-state index is 2.53. The van der Waals surface area contributed by atoms with Crippen LogP contribution in [0.4, 0.5) is 17.1 Å². The van der Waals surface area contributed by atoms with E-state index in [9.17, 15) is 0 Å². The largest absolute Gasteiger partial charge is 0.309 e. The fraction of sp³-hybridized carbons (Fsp3) is 0.150. The lowest BCUT2D eigenvalue weighted by Crippen LogP contribution is -2.31. The van der Waals surface area contributed by atoms with Crippen LogP contribution in [0.3, 0.4) is 0 Å². The number of benzene rings is 6. The summed E-state index contributed by atoms with van der Waals surface area (Å²) in [4.78, 5) is 2.53. The van der Waals surface area contributed by atoms with Gasteiger partial charge in [0.2, 0.25) is 0 Å². The highest BCUT2D eigenvalue weighted by molar-refractivity contribution is 6.07. The summed E-state index contributed by atoms with van der Waals surface area (Å²) in [6.45, 7) is 9.52. The third kappa shape index (κ3) is 3.29. The van der Waals surface area contributed by atoms with Gasteiger partial charge in [0.05, 0.1) is 17.1 Å². The van der Waals surface area contributed by atoms with E-state index < -0.39 is 0 Å². The molecule has 6 aromatic rings. The van der Waals surface area contributed by atoms with Gasteiger partial charge in [0.15, 0.2) is 0 Å². The van der Waals surface area contributed by atoms with Crippen molar-refractivity contribution in [3.8, 4) is 22.3 Å². The molecule has 1 aliphatic heterocycles. The predicted molar refractivity (Wildman–Crippen MR) is 174 cm³/mol. The standard InChI is InChI=1S/C40H33N/c1-39(2)32-19-11-10-17-29(32)31-24-35-38(25-34(31)39)41(37-21-13-12-20-33(37)40(35,3)4)36-23-22-27(26-14-6-5-7-15-26)28-16-8-9-18-30(28)36/h5-25H,1-4H3. The summed E-state index contributed by atoms with van der Waals surface area (Å²) < 4.78 is 0. The molecule has 0 bridgehead atoms. The lowest BCUT2D eigenvalue weighted by molar-refractivity contribution is 0.627. The second-order valence-corrected chi connectivity index (χ2v) is 12.6. The maximum Gasteiger partial charge on any atom is 0.0540 e. The number of para-hydroxylation sites is 1. The zero-order valence-electron chi connectivity index (χ0n) is 24.1. The third-order valence-corrected chi connectivity index (χ3v) is 9.66. The third-order valence-electron chi connectivity index (χ3n) is 9.66. The minimum absolute atomic E-state index is 0.0625. The zero-order valence-corrected chi connectivity index (χ0v) is 24.1. The van der Waals surface area contributed by atoms with E-state index in [-0.39, 0.29) is 10.8 Å². The molecule has 0 spiro atoms. The maximum atomic E-state index is 2.53. The van der Waals surface area contributed by atoms with Gasteiger partial charge >= 0.3 is 0 Å². The Balaban J connectivity index is 1.44. The molecule has 1 aliphatic carbocycles. The molecule has 1 nitrogen and oxygen atoms in total. The van der Waals surface area contributed by atoms with Crippen LogP contribution in [0.2, 0.25) is 0 Å². The molecular weight excluding hydrogens is 494 g/mol. The van der Waals surface area contributed by atoms with Gasteiger partial charge in [-0.3, -0.25) is 0 Å². The van der Waals surface area contributed by atoms with E-state index >= 15 is 0 Å². The Morgan fingerprint density at radius 1 is 0.390 bits per heavy atom. The van der Waals surface area contributed by atoms with Gasteiger partial charge in [0.25, 0.3) is 0 Å². The molecule has 0 N–H and O–H groups in total. The van der Waals surface area contributed by atoms with Crippen LogP contribution in [0.25, 0.3) is 33.0 Å². The molecule has 0 aromatic heterocycles. The van der Waals surface area contributed by atoms with Crippen molar-refractivity contribution >= 4 is 27.8 Å². The van der Waals surface area contributed by atoms with E-state index in [1.165, 1.54) is 72.3 Å². The molecule has 0 amide bonds. The molecular formula is C40H33N. The summed E-state index contributed by atoms with van der Waals surface area (Å²) in [6.07, 6.45) is 0. The lowest BCUT2D eigenvalue weighted by Gasteiger charge is -2.43. The number of anilines is 3. The molecule has 0 saturated carbocycles. The first-order valence-corrected chi connectivity index (χ1v) is 14.6. The minimum atomic E-state index is -0.140. The summed E-state index contributed by atoms with van der Waals surface area (Å²) in [5, 5.41) is 2.53. The number of hydrogen-bond donors (Lipinski definition) is 0. The molecule has 1 heteroatoms. The predicted octanol–water partition coefficient (Wildman–Crippen LogP) is 10.9. The average molecular weight is 528 g/mol. The van der Waals surface area contributed by atoms with Gasteiger partial charge in [0, 0.05) is 16.2 Å². The van der Waals surface area contributed by atoms with Crippen molar-refractivity contribution in [2.24, 2.45) is 0 Å². The normalized spacial score (nSPS) is 15.7. The molecule has 0 saturated heterocycles. The molecule has 0 atom stereocenters. The Labute approximate surface area is 242 Å². The Morgan fingerprint density at radius 3 is 1.83 bits per heavy atom. The Hall–Kier alpha value is -4.62. The Bertz CT molecular complexity index is 1990. The molecule has 198 valence electrons. The second kappa shape index (κ2) is 8.44. The summed E-state index contributed by atoms with van der Waals surface area (Å²) in [6, 6.07) is 47.2. The fourth-order valence-corrected chi connectivity index (χ4v) is 7.50. The highest BCUT2D eigenvalue weighted by Gasteiger charge is 2.42. The van der Waals surface area contributed by atoms with Crippen molar-refractivity contribution in [1.29, 1.82) is 0 Å². The summed E-state index contributed by atoms with van der Waals surface area (Å²) in [7, 11) is 0. The molecule has 0 fully saturated rings. The Morgan fingerprint density at radius 2 is 1.02 bits per heavy atom. The first-order valence-electron chi connectivity index (χ1n) is 14.6. The van der Waals surface area contributed by atoms with Gasteiger partial charge in [0.1, 0.15) is 0 Å². The Kier molecular flexibility index (Phi) is 4.98. The molecule has 8 rings (SSSR count). The van der Waals surface area contributed by atoms with Gasteiger partial charge < -0.3 is 4.90 Å². The van der Waals surface area contributed by atoms with Crippen LogP contribution >= 0.6 is 0 Å². The van der Waals surface area contributed by atoms with Gasteiger partial charge in [-0.2, -0.15) is 0 Å². The van der Waals surface area contributed by atoms with Crippen molar-refractivity contribution in [3.63, 3.8) is 0 Å². The smallest absolute Gasteiger partial charge is 0.0540 e. The topological polar surface area (TPSA) is 3.24 Å². The lowest BCUT2D eigenvalue weighted by atomic mass is 9.71. The van der Waals surface area contributed by atoms with E-state index in [1.54, 1.807) is 0 Å². The van der Waals surface area contributed by atoms with Gasteiger partial charge in [-0.05, 0) is 74.2 Å². The second-order valence-electron chi connectivity index (χ2n) is 12.6. The van der Waals surface area contributed by atoms with Crippen LogP contribution in [-0.2, 0) is 10.8 Å². The summed E-state index contributed by atoms with van der Waals surface area (Å²) in [5.41, 5.74) is 14.4. The zero-order chi connectivity index (χ0) is 27.9. The van der Waals surface area contributed by atoms with E-state index in [2.05, 4.69) is 160 Å². The van der Waals surface area contributed by atoms with Crippen molar-refractivity contribution in [1.82, 2.24) is 0 Å². The van der Waals surface area contributed by atoms with E-state index in [1.807, 2.05) is 0 Å². The van der Waals surface area contributed by atoms with Crippen molar-refractivity contribution in [2.45, 2.75) is 38.5 Å². The average Bonchev–Trinajstić information content (AvgIpc) is 3.23. The number of rotatable bonds is 2. The van der Waals surface area contributed by atoms with E-state index in [4.69, 9.17) is 0 Å². The number of nitrogens with zero attached hydrogens (tertiary/aromatic N) is 1. The van der Waals surface area contributed by atoms with Crippen molar-refractivity contribution in [3.05, 3.63) is 150 Å². The van der Waals surface area contributed by atoms with Crippen LogP contribution in [-0.4, -0.2) is 0 Å². The molecule has 1 heterocycles. The highest BCUT2D eigenvalue weighted by Crippen LogP contribution is 2.58. The van der Waals surface area contributed by atoms with Crippen molar-refractivity contribution < 1.29 is 0 Å². The molecule has 0 unspecified atom stereocenters. The summed E-state index contributed by atoms with van der Waals surface area (Å²) >= 11 is 0. The quantitative estimate of drug-likeness (QED) is 0.216.